The number of pyridine rings is 1. The van der Waals surface area contributed by atoms with Crippen LogP contribution >= 0.6 is 0 Å². The average molecular weight is 390 g/mol. The van der Waals surface area contributed by atoms with Crippen molar-refractivity contribution in [3.05, 3.63) is 95.1 Å². The molecule has 3 heterocycles. The summed E-state index contributed by atoms with van der Waals surface area (Å²) in [7, 11) is 1.91. The molecule has 0 atom stereocenters. The number of aromatic nitrogens is 3. The van der Waals surface area contributed by atoms with Gasteiger partial charge in [-0.2, -0.15) is 10.4 Å². The van der Waals surface area contributed by atoms with E-state index in [0.29, 0.717) is 5.69 Å². The molecule has 144 valence electrons. The van der Waals surface area contributed by atoms with Crippen molar-refractivity contribution in [2.24, 2.45) is 7.05 Å². The summed E-state index contributed by atoms with van der Waals surface area (Å²) < 4.78 is 8.11. The lowest BCUT2D eigenvalue weighted by molar-refractivity contribution is 0.543. The van der Waals surface area contributed by atoms with E-state index in [0.717, 1.165) is 50.6 Å². The molecule has 0 radical (unpaired) electrons. The van der Waals surface area contributed by atoms with Crippen molar-refractivity contribution >= 4 is 11.6 Å². The second kappa shape index (κ2) is 7.34. The molecule has 0 amide bonds. The molecule has 5 rings (SSSR count). The van der Waals surface area contributed by atoms with Crippen LogP contribution in [0.25, 0.3) is 34.1 Å². The Hall–Kier alpha value is -4.17. The number of allylic oxidation sites excluding steroid dienone is 2. The summed E-state index contributed by atoms with van der Waals surface area (Å²) in [6.45, 7) is 0. The largest absolute Gasteiger partial charge is 0.455 e. The van der Waals surface area contributed by atoms with E-state index in [1.165, 1.54) is 0 Å². The third-order valence-corrected chi connectivity index (χ3v) is 5.16. The zero-order valence-electron chi connectivity index (χ0n) is 16.4. The number of aryl methyl sites for hydroxylation is 1. The fourth-order valence-corrected chi connectivity index (χ4v) is 3.61. The zero-order chi connectivity index (χ0) is 20.5. The standard InChI is InChI=1S/C25H18N4O/c1-29-16-21(15-28-29)17-6-8-18(9-7-17)24-12-19-4-2-3-5-23(25(19)30-24)20-10-11-22(13-26)27-14-20/h3-12,14-16H,2H2,1H3. The summed E-state index contributed by atoms with van der Waals surface area (Å²) in [6, 6.07) is 16.1. The molecular formula is C25H18N4O. The van der Waals surface area contributed by atoms with E-state index in [1.807, 2.05) is 25.5 Å². The molecule has 0 saturated heterocycles. The average Bonchev–Trinajstić information content (AvgIpc) is 3.36. The van der Waals surface area contributed by atoms with E-state index in [9.17, 15) is 0 Å². The lowest BCUT2D eigenvalue weighted by Crippen LogP contribution is -2.21. The maximum Gasteiger partial charge on any atom is 0.142 e. The van der Waals surface area contributed by atoms with Crippen LogP contribution in [0.3, 0.4) is 0 Å². The van der Waals surface area contributed by atoms with Crippen LogP contribution in [0, 0.1) is 11.3 Å². The van der Waals surface area contributed by atoms with Gasteiger partial charge in [-0.1, -0.05) is 42.5 Å². The van der Waals surface area contributed by atoms with Crippen molar-refractivity contribution in [3.63, 3.8) is 0 Å². The molecule has 0 unspecified atom stereocenters. The molecular weight excluding hydrogens is 372 g/mol. The summed E-state index contributed by atoms with van der Waals surface area (Å²) in [5.41, 5.74) is 6.33. The SMILES string of the molecule is Cn1cc(-c2ccc(-c3cc4c(o3)=C(c3ccc(C#N)nc3)C=CCC=4)cc2)cn1. The van der Waals surface area contributed by atoms with Gasteiger partial charge in [0, 0.05) is 46.9 Å². The molecule has 0 saturated carbocycles. The van der Waals surface area contributed by atoms with Gasteiger partial charge in [0.05, 0.1) is 6.20 Å². The fourth-order valence-electron chi connectivity index (χ4n) is 3.61. The summed E-state index contributed by atoms with van der Waals surface area (Å²) in [4.78, 5) is 4.21. The van der Waals surface area contributed by atoms with Crippen LogP contribution in [0.5, 0.6) is 0 Å². The second-order valence-corrected chi connectivity index (χ2v) is 7.17. The minimum absolute atomic E-state index is 0.401. The first kappa shape index (κ1) is 17.9. The quantitative estimate of drug-likeness (QED) is 0.536. The van der Waals surface area contributed by atoms with Gasteiger partial charge >= 0.3 is 0 Å². The van der Waals surface area contributed by atoms with Crippen molar-refractivity contribution in [1.29, 1.82) is 5.26 Å². The molecule has 0 N–H and O–H groups in total. The van der Waals surface area contributed by atoms with Gasteiger partial charge in [0.1, 0.15) is 22.9 Å². The van der Waals surface area contributed by atoms with Gasteiger partial charge in [-0.25, -0.2) is 4.98 Å². The Morgan fingerprint density at radius 3 is 2.50 bits per heavy atom. The molecule has 0 fully saturated rings. The second-order valence-electron chi connectivity index (χ2n) is 7.17. The van der Waals surface area contributed by atoms with Gasteiger partial charge in [-0.05, 0) is 30.2 Å². The fraction of sp³-hybridized carbons (Fsp3) is 0.0800. The van der Waals surface area contributed by atoms with E-state index in [4.69, 9.17) is 9.68 Å². The Labute approximate surface area is 173 Å². The third kappa shape index (κ3) is 3.25. The number of hydrogen-bond acceptors (Lipinski definition) is 4. The minimum Gasteiger partial charge on any atom is -0.455 e. The van der Waals surface area contributed by atoms with Crippen LogP contribution in [-0.4, -0.2) is 14.8 Å². The molecule has 1 aliphatic carbocycles. The van der Waals surface area contributed by atoms with Gasteiger partial charge in [0.2, 0.25) is 0 Å². The number of nitrogens with zero attached hydrogens (tertiary/aromatic N) is 4. The molecule has 3 aromatic heterocycles. The highest BCUT2D eigenvalue weighted by Gasteiger charge is 2.11. The van der Waals surface area contributed by atoms with Crippen LogP contribution in [-0.2, 0) is 7.05 Å². The molecule has 5 nitrogen and oxygen atoms in total. The summed E-state index contributed by atoms with van der Waals surface area (Å²) in [6.07, 6.45) is 12.7. The zero-order valence-corrected chi connectivity index (χ0v) is 16.4. The maximum atomic E-state index is 9.00. The number of furan rings is 1. The van der Waals surface area contributed by atoms with Crippen LogP contribution in [0.2, 0.25) is 0 Å². The first-order chi connectivity index (χ1) is 14.7. The summed E-state index contributed by atoms with van der Waals surface area (Å²) >= 11 is 0. The van der Waals surface area contributed by atoms with Crippen LogP contribution in [0.4, 0.5) is 0 Å². The first-order valence-corrected chi connectivity index (χ1v) is 9.68. The van der Waals surface area contributed by atoms with E-state index < -0.39 is 0 Å². The Morgan fingerprint density at radius 2 is 1.80 bits per heavy atom. The molecule has 0 aliphatic heterocycles. The van der Waals surface area contributed by atoms with Gasteiger partial charge in [0.15, 0.2) is 0 Å². The van der Waals surface area contributed by atoms with Crippen molar-refractivity contribution in [2.45, 2.75) is 6.42 Å². The van der Waals surface area contributed by atoms with Crippen LogP contribution < -0.4 is 10.6 Å². The van der Waals surface area contributed by atoms with E-state index >= 15 is 0 Å². The molecule has 30 heavy (non-hydrogen) atoms. The number of hydrogen-bond donors (Lipinski definition) is 0. The normalized spacial score (nSPS) is 12.7. The van der Waals surface area contributed by atoms with Gasteiger partial charge in [0.25, 0.3) is 0 Å². The smallest absolute Gasteiger partial charge is 0.142 e. The van der Waals surface area contributed by atoms with Crippen molar-refractivity contribution in [2.75, 3.05) is 0 Å². The third-order valence-electron chi connectivity index (χ3n) is 5.16. The Morgan fingerprint density at radius 1 is 1.00 bits per heavy atom. The lowest BCUT2D eigenvalue weighted by atomic mass is 10.1. The van der Waals surface area contributed by atoms with Gasteiger partial charge in [-0.15, -0.1) is 0 Å². The lowest BCUT2D eigenvalue weighted by Gasteiger charge is -2.02. The predicted octanol–water partition coefficient (Wildman–Crippen LogP) is 3.55. The Bertz CT molecular complexity index is 1410. The van der Waals surface area contributed by atoms with Crippen LogP contribution in [0.1, 0.15) is 17.7 Å². The Kier molecular flexibility index (Phi) is 4.38. The van der Waals surface area contributed by atoms with Crippen molar-refractivity contribution in [3.8, 4) is 28.5 Å². The first-order valence-electron chi connectivity index (χ1n) is 9.68. The summed E-state index contributed by atoms with van der Waals surface area (Å²) in [5.74, 6) is 0.823. The number of rotatable bonds is 3. The molecule has 0 spiro atoms. The van der Waals surface area contributed by atoms with Crippen molar-refractivity contribution in [1.82, 2.24) is 14.8 Å². The van der Waals surface area contributed by atoms with Gasteiger partial charge < -0.3 is 4.42 Å². The molecule has 5 heteroatoms. The molecule has 1 aliphatic rings. The highest BCUT2D eigenvalue weighted by atomic mass is 16.3. The number of nitriles is 1. The van der Waals surface area contributed by atoms with E-state index in [1.54, 1.807) is 16.9 Å². The molecule has 0 bridgehead atoms. The minimum atomic E-state index is 0.401. The highest BCUT2D eigenvalue weighted by Crippen LogP contribution is 2.24. The topological polar surface area (TPSA) is 67.6 Å². The van der Waals surface area contributed by atoms with Crippen LogP contribution in [0.15, 0.2) is 77.6 Å². The number of benzene rings is 1. The molecule has 1 aromatic carbocycles. The maximum absolute atomic E-state index is 9.00. The monoisotopic (exact) mass is 390 g/mol. The Balaban J connectivity index is 1.58. The summed E-state index contributed by atoms with van der Waals surface area (Å²) in [5, 5.41) is 14.3. The number of fused-ring (bicyclic) bond motifs is 1. The van der Waals surface area contributed by atoms with E-state index in [-0.39, 0.29) is 0 Å². The predicted molar refractivity (Wildman–Crippen MR) is 115 cm³/mol. The van der Waals surface area contributed by atoms with E-state index in [2.05, 4.69) is 64.7 Å². The highest BCUT2D eigenvalue weighted by molar-refractivity contribution is 5.74. The van der Waals surface area contributed by atoms with Crippen molar-refractivity contribution < 1.29 is 4.42 Å². The molecule has 4 aromatic rings. The van der Waals surface area contributed by atoms with Gasteiger partial charge in [-0.3, -0.25) is 4.68 Å².